The molecule has 0 saturated carbocycles. The number of fused-ring (bicyclic) bond motifs is 2. The maximum Gasteiger partial charge on any atom is 0.437 e. The van der Waals surface area contributed by atoms with Crippen molar-refractivity contribution in [1.29, 1.82) is 0 Å². The zero-order valence-electron chi connectivity index (χ0n) is 18.2. The lowest BCUT2D eigenvalue weighted by Crippen LogP contribution is -2.68. The number of alkyl halides is 3. The van der Waals surface area contributed by atoms with Crippen molar-refractivity contribution in [2.24, 2.45) is 7.05 Å². The van der Waals surface area contributed by atoms with E-state index in [1.165, 1.54) is 6.07 Å². The van der Waals surface area contributed by atoms with Gasteiger partial charge in [-0.05, 0) is 12.1 Å². The van der Waals surface area contributed by atoms with Gasteiger partial charge >= 0.3 is 12.2 Å². The fourth-order valence-electron chi connectivity index (χ4n) is 4.24. The topological polar surface area (TPSA) is 131 Å². The molecule has 2 aliphatic heterocycles. The summed E-state index contributed by atoms with van der Waals surface area (Å²) in [7, 11) is 2.89. The van der Waals surface area contributed by atoms with Crippen molar-refractivity contribution in [3.8, 4) is 5.75 Å². The molecular formula is C19H21F3N10O2. The molecule has 0 bridgehead atoms. The number of methoxy groups -OCH3 is 1. The Bertz CT molecular complexity index is 1260. The maximum absolute atomic E-state index is 13.4. The minimum atomic E-state index is -4.73. The number of carbonyl (C=O) groups is 1. The number of aryl methyl sites for hydroxylation is 1. The standard InChI is InChI=1S/C19H21F3N10O2/c1-29-15-11(8-24-29)16(28-17(23)27-15)30-5-6-31-10(9-30)7-25-32(18(31)33)13-4-3-12(34-2)14(26-13)19(20,21)22/h3-4,8,10,25H,5-7,9H2,1-2H3,(H2,23,27,28). The third-order valence-electron chi connectivity index (χ3n) is 5.85. The smallest absolute Gasteiger partial charge is 0.437 e. The molecule has 2 aliphatic rings. The number of nitrogens with two attached hydrogens (primary N) is 1. The molecule has 5 rings (SSSR count). The lowest BCUT2D eigenvalue weighted by Gasteiger charge is -2.47. The Morgan fingerprint density at radius 2 is 2.00 bits per heavy atom. The first-order chi connectivity index (χ1) is 16.2. The van der Waals surface area contributed by atoms with Crippen LogP contribution in [0.4, 0.5) is 35.5 Å². The Morgan fingerprint density at radius 3 is 2.74 bits per heavy atom. The molecule has 3 aromatic heterocycles. The molecule has 12 nitrogen and oxygen atoms in total. The lowest BCUT2D eigenvalue weighted by molar-refractivity contribution is -0.142. The quantitative estimate of drug-likeness (QED) is 0.566. The molecule has 180 valence electrons. The van der Waals surface area contributed by atoms with Gasteiger partial charge in [0.1, 0.15) is 11.6 Å². The summed E-state index contributed by atoms with van der Waals surface area (Å²) in [5, 5.41) is 5.99. The minimum Gasteiger partial charge on any atom is -0.494 e. The highest BCUT2D eigenvalue weighted by Crippen LogP contribution is 2.36. The number of hydrazine groups is 1. The summed E-state index contributed by atoms with van der Waals surface area (Å²) in [6.45, 7) is 1.51. The van der Waals surface area contributed by atoms with Gasteiger partial charge < -0.3 is 20.3 Å². The summed E-state index contributed by atoms with van der Waals surface area (Å²) in [4.78, 5) is 29.0. The van der Waals surface area contributed by atoms with Gasteiger partial charge in [0.15, 0.2) is 17.2 Å². The van der Waals surface area contributed by atoms with E-state index >= 15 is 0 Å². The number of nitrogens with one attached hydrogen (secondary N) is 1. The number of pyridine rings is 1. The molecule has 15 heteroatoms. The SMILES string of the molecule is COc1ccc(N2NCC3CN(c4nc(N)nc5c4cnn5C)CCN3C2=O)nc1C(F)(F)F. The third-order valence-corrected chi connectivity index (χ3v) is 5.85. The van der Waals surface area contributed by atoms with Crippen molar-refractivity contribution in [3.63, 3.8) is 0 Å². The Labute approximate surface area is 191 Å². The van der Waals surface area contributed by atoms with Crippen LogP contribution in [0.2, 0.25) is 0 Å². The van der Waals surface area contributed by atoms with Crippen molar-refractivity contribution < 1.29 is 22.7 Å². The molecular weight excluding hydrogens is 457 g/mol. The van der Waals surface area contributed by atoms with Gasteiger partial charge in [0.05, 0.1) is 24.7 Å². The number of nitrogens with zero attached hydrogens (tertiary/aromatic N) is 8. The van der Waals surface area contributed by atoms with Crippen LogP contribution in [0.5, 0.6) is 5.75 Å². The van der Waals surface area contributed by atoms with Crippen molar-refractivity contribution in [2.75, 3.05) is 48.9 Å². The summed E-state index contributed by atoms with van der Waals surface area (Å²) < 4.78 is 46.5. The number of hydrogen-bond donors (Lipinski definition) is 2. The molecule has 5 heterocycles. The van der Waals surface area contributed by atoms with Gasteiger partial charge in [-0.3, -0.25) is 4.68 Å². The number of nitrogen functional groups attached to an aromatic ring is 1. The normalized spacial score (nSPS) is 19.0. The Kier molecular flexibility index (Phi) is 5.07. The summed E-state index contributed by atoms with van der Waals surface area (Å²) in [6, 6.07) is 1.71. The number of urea groups is 1. The van der Waals surface area contributed by atoms with Gasteiger partial charge in [0.2, 0.25) is 5.95 Å². The Hall–Kier alpha value is -3.88. The van der Waals surface area contributed by atoms with Crippen LogP contribution in [0, 0.1) is 0 Å². The van der Waals surface area contributed by atoms with Crippen LogP contribution in [-0.2, 0) is 13.2 Å². The monoisotopic (exact) mass is 478 g/mol. The molecule has 2 fully saturated rings. The number of ether oxygens (including phenoxy) is 1. The second kappa shape index (κ2) is 7.86. The van der Waals surface area contributed by atoms with Gasteiger partial charge in [0.25, 0.3) is 0 Å². The molecule has 0 aromatic carbocycles. The molecule has 2 saturated heterocycles. The number of amides is 2. The van der Waals surface area contributed by atoms with E-state index in [1.54, 1.807) is 22.8 Å². The first-order valence-corrected chi connectivity index (χ1v) is 10.3. The van der Waals surface area contributed by atoms with Crippen LogP contribution >= 0.6 is 0 Å². The van der Waals surface area contributed by atoms with Gasteiger partial charge in [0, 0.05) is 33.2 Å². The van der Waals surface area contributed by atoms with Gasteiger partial charge in [-0.25, -0.2) is 20.2 Å². The molecule has 1 unspecified atom stereocenters. The molecule has 3 aromatic rings. The summed E-state index contributed by atoms with van der Waals surface area (Å²) in [5.41, 5.74) is 8.18. The maximum atomic E-state index is 13.4. The van der Waals surface area contributed by atoms with E-state index in [1.807, 2.05) is 4.90 Å². The first kappa shape index (κ1) is 21.9. The first-order valence-electron chi connectivity index (χ1n) is 10.3. The van der Waals surface area contributed by atoms with E-state index in [0.29, 0.717) is 37.6 Å². The predicted octanol–water partition coefficient (Wildman–Crippen LogP) is 1.00. The number of carbonyl (C=O) groups excluding carboxylic acids is 1. The average Bonchev–Trinajstić information content (AvgIpc) is 3.18. The van der Waals surface area contributed by atoms with E-state index < -0.39 is 23.7 Å². The van der Waals surface area contributed by atoms with E-state index in [0.717, 1.165) is 23.6 Å². The molecule has 0 spiro atoms. The third kappa shape index (κ3) is 3.57. The van der Waals surface area contributed by atoms with Crippen LogP contribution in [0.15, 0.2) is 18.3 Å². The number of halogens is 3. The summed E-state index contributed by atoms with van der Waals surface area (Å²) in [6.07, 6.45) is -3.07. The number of aromatic nitrogens is 5. The van der Waals surface area contributed by atoms with Crippen LogP contribution in [0.25, 0.3) is 11.0 Å². The fraction of sp³-hybridized carbons (Fsp3) is 0.421. The van der Waals surface area contributed by atoms with Gasteiger partial charge in [-0.15, -0.1) is 0 Å². The largest absolute Gasteiger partial charge is 0.494 e. The lowest BCUT2D eigenvalue weighted by atomic mass is 10.1. The second-order valence-corrected chi connectivity index (χ2v) is 7.90. The van der Waals surface area contributed by atoms with Crippen molar-refractivity contribution >= 4 is 34.6 Å². The van der Waals surface area contributed by atoms with Crippen molar-refractivity contribution in [2.45, 2.75) is 12.2 Å². The van der Waals surface area contributed by atoms with Gasteiger partial charge in [-0.1, -0.05) is 0 Å². The highest BCUT2D eigenvalue weighted by Gasteiger charge is 2.41. The Balaban J connectivity index is 1.38. The second-order valence-electron chi connectivity index (χ2n) is 7.90. The highest BCUT2D eigenvalue weighted by molar-refractivity contribution is 5.92. The molecule has 1 atom stereocenters. The molecule has 2 amide bonds. The Morgan fingerprint density at radius 1 is 1.21 bits per heavy atom. The zero-order chi connectivity index (χ0) is 24.2. The number of rotatable bonds is 3. The van der Waals surface area contributed by atoms with Gasteiger partial charge in [-0.2, -0.15) is 28.2 Å². The van der Waals surface area contributed by atoms with Crippen LogP contribution in [0.3, 0.4) is 0 Å². The van der Waals surface area contributed by atoms with E-state index in [-0.39, 0.29) is 17.8 Å². The van der Waals surface area contributed by atoms with Crippen LogP contribution in [-0.4, -0.2) is 75.0 Å². The van der Waals surface area contributed by atoms with Crippen LogP contribution in [0.1, 0.15) is 5.69 Å². The van der Waals surface area contributed by atoms with Crippen molar-refractivity contribution in [1.82, 2.24) is 35.1 Å². The molecule has 0 aliphatic carbocycles. The molecule has 34 heavy (non-hydrogen) atoms. The molecule has 3 N–H and O–H groups in total. The number of piperazine rings is 1. The van der Waals surface area contributed by atoms with Crippen LogP contribution < -0.4 is 25.8 Å². The predicted molar refractivity (Wildman–Crippen MR) is 115 cm³/mol. The van der Waals surface area contributed by atoms with Crippen molar-refractivity contribution in [3.05, 3.63) is 24.0 Å². The average molecular weight is 478 g/mol. The fourth-order valence-corrected chi connectivity index (χ4v) is 4.24. The van der Waals surface area contributed by atoms with E-state index in [4.69, 9.17) is 10.5 Å². The highest BCUT2D eigenvalue weighted by atomic mass is 19.4. The summed E-state index contributed by atoms with van der Waals surface area (Å²) in [5.74, 6) is 0.151. The molecule has 0 radical (unpaired) electrons. The van der Waals surface area contributed by atoms with E-state index in [2.05, 4.69) is 25.5 Å². The number of anilines is 3. The minimum absolute atomic E-state index is 0.114. The van der Waals surface area contributed by atoms with E-state index in [9.17, 15) is 18.0 Å². The zero-order valence-corrected chi connectivity index (χ0v) is 18.2. The summed E-state index contributed by atoms with van der Waals surface area (Å²) >= 11 is 0. The number of hydrogen-bond acceptors (Lipinski definition) is 9.